The summed E-state index contributed by atoms with van der Waals surface area (Å²) >= 11 is 0. The van der Waals surface area contributed by atoms with E-state index in [1.165, 1.54) is 37.6 Å². The molecule has 1 saturated carbocycles. The van der Waals surface area contributed by atoms with Gasteiger partial charge in [-0.2, -0.15) is 0 Å². The van der Waals surface area contributed by atoms with Crippen molar-refractivity contribution in [2.75, 3.05) is 26.2 Å². The Morgan fingerprint density at radius 1 is 1.04 bits per heavy atom. The van der Waals surface area contributed by atoms with Crippen LogP contribution >= 0.6 is 0 Å². The van der Waals surface area contributed by atoms with Gasteiger partial charge in [0.15, 0.2) is 11.6 Å². The molecule has 0 N–H and O–H groups in total. The lowest BCUT2D eigenvalue weighted by Gasteiger charge is -2.36. The van der Waals surface area contributed by atoms with Crippen LogP contribution in [0.2, 0.25) is 0 Å². The molecule has 1 saturated heterocycles. The number of benzene rings is 1. The Morgan fingerprint density at radius 2 is 1.89 bits per heavy atom. The Morgan fingerprint density at radius 3 is 2.57 bits per heavy atom. The molecular formula is C21H23F2N3O2. The normalized spacial score (nSPS) is 18.4. The maximum atomic E-state index is 13.7. The molecular weight excluding hydrogens is 364 g/mol. The molecule has 2 heterocycles. The van der Waals surface area contributed by atoms with E-state index in [2.05, 4.69) is 9.88 Å². The largest absolute Gasteiger partial charge is 0.436 e. The van der Waals surface area contributed by atoms with E-state index < -0.39 is 11.6 Å². The van der Waals surface area contributed by atoms with Gasteiger partial charge >= 0.3 is 0 Å². The third-order valence-electron chi connectivity index (χ3n) is 5.50. The molecule has 5 nitrogen and oxygen atoms in total. The predicted molar refractivity (Wildman–Crippen MR) is 100 cm³/mol. The van der Waals surface area contributed by atoms with Gasteiger partial charge in [-0.25, -0.2) is 13.8 Å². The summed E-state index contributed by atoms with van der Waals surface area (Å²) < 4.78 is 32.0. The van der Waals surface area contributed by atoms with Crippen LogP contribution in [-0.4, -0.2) is 52.9 Å². The molecule has 0 bridgehead atoms. The molecule has 1 aliphatic carbocycles. The Bertz CT molecular complexity index is 840. The summed E-state index contributed by atoms with van der Waals surface area (Å²) in [5.41, 5.74) is 0.476. The van der Waals surface area contributed by atoms with Gasteiger partial charge in [0.1, 0.15) is 5.82 Å². The SMILES string of the molecule is O=C(c1ccc(Oc2ccc(F)cc2F)nc1)N1CCCN(C2CCC2)CC1. The fraction of sp³-hybridized carbons (Fsp3) is 0.429. The zero-order valence-corrected chi connectivity index (χ0v) is 15.6. The van der Waals surface area contributed by atoms with Crippen LogP contribution in [0.1, 0.15) is 36.0 Å². The molecule has 28 heavy (non-hydrogen) atoms. The van der Waals surface area contributed by atoms with Crippen molar-refractivity contribution >= 4 is 5.91 Å². The lowest BCUT2D eigenvalue weighted by molar-refractivity contribution is 0.0749. The van der Waals surface area contributed by atoms with Crippen LogP contribution in [0.5, 0.6) is 11.6 Å². The van der Waals surface area contributed by atoms with Crippen molar-refractivity contribution < 1.29 is 18.3 Å². The van der Waals surface area contributed by atoms with Crippen molar-refractivity contribution in [2.24, 2.45) is 0 Å². The minimum Gasteiger partial charge on any atom is -0.436 e. The van der Waals surface area contributed by atoms with Crippen LogP contribution in [0.25, 0.3) is 0 Å². The minimum absolute atomic E-state index is 0.0533. The van der Waals surface area contributed by atoms with Gasteiger partial charge < -0.3 is 9.64 Å². The van der Waals surface area contributed by atoms with E-state index in [9.17, 15) is 13.6 Å². The summed E-state index contributed by atoms with van der Waals surface area (Å²) in [6, 6.07) is 6.91. The van der Waals surface area contributed by atoms with E-state index in [0.29, 0.717) is 18.2 Å². The zero-order chi connectivity index (χ0) is 19.5. The van der Waals surface area contributed by atoms with Gasteiger partial charge in [-0.15, -0.1) is 0 Å². The number of pyridine rings is 1. The van der Waals surface area contributed by atoms with Crippen molar-refractivity contribution in [2.45, 2.75) is 31.7 Å². The lowest BCUT2D eigenvalue weighted by Crippen LogP contribution is -2.42. The standard InChI is InChI=1S/C21H23F2N3O2/c22-16-6-7-19(18(23)13-16)28-20-8-5-15(14-24-20)21(27)26-10-2-9-25(11-12-26)17-3-1-4-17/h5-8,13-14,17H,1-4,9-12H2. The van der Waals surface area contributed by atoms with Gasteiger partial charge in [0.2, 0.25) is 5.88 Å². The van der Waals surface area contributed by atoms with Gasteiger partial charge in [-0.3, -0.25) is 9.69 Å². The van der Waals surface area contributed by atoms with Crippen molar-refractivity contribution in [1.82, 2.24) is 14.8 Å². The second kappa shape index (κ2) is 8.22. The monoisotopic (exact) mass is 387 g/mol. The summed E-state index contributed by atoms with van der Waals surface area (Å²) in [6.45, 7) is 3.41. The molecule has 0 spiro atoms. The smallest absolute Gasteiger partial charge is 0.255 e. The Kier molecular flexibility index (Phi) is 5.52. The van der Waals surface area contributed by atoms with Gasteiger partial charge in [-0.05, 0) is 37.5 Å². The first-order chi connectivity index (χ1) is 13.6. The molecule has 2 aromatic rings. The van der Waals surface area contributed by atoms with Gasteiger partial charge in [0, 0.05) is 50.6 Å². The maximum Gasteiger partial charge on any atom is 0.255 e. The molecule has 2 fully saturated rings. The summed E-state index contributed by atoms with van der Waals surface area (Å²) in [4.78, 5) is 21.3. The van der Waals surface area contributed by atoms with E-state index in [1.807, 2.05) is 4.90 Å². The summed E-state index contributed by atoms with van der Waals surface area (Å²) in [6.07, 6.45) is 6.27. The molecule has 1 aromatic heterocycles. The second-order valence-electron chi connectivity index (χ2n) is 7.33. The number of carbonyl (C=O) groups excluding carboxylic acids is 1. The van der Waals surface area contributed by atoms with Crippen LogP contribution in [0, 0.1) is 11.6 Å². The molecule has 148 valence electrons. The van der Waals surface area contributed by atoms with E-state index in [-0.39, 0.29) is 17.5 Å². The number of aromatic nitrogens is 1. The predicted octanol–water partition coefficient (Wildman–Crippen LogP) is 3.85. The van der Waals surface area contributed by atoms with E-state index in [1.54, 1.807) is 6.07 Å². The van der Waals surface area contributed by atoms with E-state index >= 15 is 0 Å². The summed E-state index contributed by atoms with van der Waals surface area (Å²) in [5, 5.41) is 0. The number of nitrogens with zero attached hydrogens (tertiary/aromatic N) is 3. The molecule has 1 amide bonds. The molecule has 0 radical (unpaired) electrons. The summed E-state index contributed by atoms with van der Waals surface area (Å²) in [5.74, 6) is -1.50. The zero-order valence-electron chi connectivity index (χ0n) is 15.6. The van der Waals surface area contributed by atoms with Crippen LogP contribution < -0.4 is 4.74 Å². The van der Waals surface area contributed by atoms with Crippen molar-refractivity contribution in [3.63, 3.8) is 0 Å². The number of carbonyl (C=O) groups is 1. The van der Waals surface area contributed by atoms with Crippen molar-refractivity contribution in [3.8, 4) is 11.6 Å². The molecule has 1 aromatic carbocycles. The van der Waals surface area contributed by atoms with Crippen LogP contribution in [0.15, 0.2) is 36.5 Å². The Balaban J connectivity index is 1.38. The third kappa shape index (κ3) is 4.14. The number of ether oxygens (including phenoxy) is 1. The molecule has 0 unspecified atom stereocenters. The highest BCUT2D eigenvalue weighted by Gasteiger charge is 2.28. The first-order valence-electron chi connectivity index (χ1n) is 9.72. The van der Waals surface area contributed by atoms with Crippen LogP contribution in [0.4, 0.5) is 8.78 Å². The Labute approximate surface area is 162 Å². The molecule has 1 aliphatic heterocycles. The lowest BCUT2D eigenvalue weighted by atomic mass is 9.91. The first kappa shape index (κ1) is 18.8. The molecule has 0 atom stereocenters. The molecule has 2 aliphatic rings. The number of halogens is 2. The number of hydrogen-bond donors (Lipinski definition) is 0. The highest BCUT2D eigenvalue weighted by molar-refractivity contribution is 5.94. The van der Waals surface area contributed by atoms with E-state index in [4.69, 9.17) is 4.74 Å². The maximum absolute atomic E-state index is 13.7. The van der Waals surface area contributed by atoms with Crippen LogP contribution in [-0.2, 0) is 0 Å². The number of amides is 1. The molecule has 4 rings (SSSR count). The highest BCUT2D eigenvalue weighted by atomic mass is 19.1. The molecule has 7 heteroatoms. The van der Waals surface area contributed by atoms with Gasteiger partial charge in [0.25, 0.3) is 5.91 Å². The van der Waals surface area contributed by atoms with E-state index in [0.717, 1.165) is 38.2 Å². The van der Waals surface area contributed by atoms with Gasteiger partial charge in [0.05, 0.1) is 5.56 Å². The average molecular weight is 387 g/mol. The second-order valence-corrected chi connectivity index (χ2v) is 7.33. The minimum atomic E-state index is -0.803. The first-order valence-corrected chi connectivity index (χ1v) is 9.72. The van der Waals surface area contributed by atoms with Crippen LogP contribution in [0.3, 0.4) is 0 Å². The highest BCUT2D eigenvalue weighted by Crippen LogP contribution is 2.26. The fourth-order valence-electron chi connectivity index (χ4n) is 3.68. The fourth-order valence-corrected chi connectivity index (χ4v) is 3.68. The Hall–Kier alpha value is -2.54. The summed E-state index contributed by atoms with van der Waals surface area (Å²) in [7, 11) is 0. The average Bonchev–Trinajstić information content (AvgIpc) is 2.89. The number of hydrogen-bond acceptors (Lipinski definition) is 4. The third-order valence-corrected chi connectivity index (χ3v) is 5.50. The van der Waals surface area contributed by atoms with Crippen molar-refractivity contribution in [3.05, 3.63) is 53.7 Å². The van der Waals surface area contributed by atoms with Crippen molar-refractivity contribution in [1.29, 1.82) is 0 Å². The topological polar surface area (TPSA) is 45.7 Å². The van der Waals surface area contributed by atoms with Gasteiger partial charge in [-0.1, -0.05) is 6.42 Å². The number of rotatable bonds is 4. The quantitative estimate of drug-likeness (QED) is 0.799.